The molecular formula is C13H10BrFN2O. The molecule has 0 fully saturated rings. The summed E-state index contributed by atoms with van der Waals surface area (Å²) in [7, 11) is 0. The Hall–Kier alpha value is -1.88. The number of hydrogen-bond acceptors (Lipinski definition) is 2. The number of hydrogen-bond donors (Lipinski definition) is 2. The molecule has 0 saturated carbocycles. The van der Waals surface area contributed by atoms with Crippen LogP contribution in [0.2, 0.25) is 0 Å². The maximum atomic E-state index is 13.5. The van der Waals surface area contributed by atoms with Gasteiger partial charge in [-0.2, -0.15) is 0 Å². The Balaban J connectivity index is 2.44. The molecule has 3 N–H and O–H groups in total. The van der Waals surface area contributed by atoms with E-state index in [4.69, 9.17) is 15.9 Å². The van der Waals surface area contributed by atoms with Crippen molar-refractivity contribution in [3.05, 3.63) is 58.3 Å². The van der Waals surface area contributed by atoms with Crippen LogP contribution in [0.5, 0.6) is 11.5 Å². The van der Waals surface area contributed by atoms with Crippen molar-refractivity contribution in [1.29, 1.82) is 5.41 Å². The van der Waals surface area contributed by atoms with Crippen molar-refractivity contribution >= 4 is 21.8 Å². The van der Waals surface area contributed by atoms with Crippen molar-refractivity contribution in [2.75, 3.05) is 0 Å². The average molecular weight is 309 g/mol. The van der Waals surface area contributed by atoms with Crippen LogP contribution >= 0.6 is 15.9 Å². The summed E-state index contributed by atoms with van der Waals surface area (Å²) in [5, 5.41) is 7.51. The SMILES string of the molecule is N=C(N)c1c(Br)cccc1Oc1ccccc1F. The number of halogens is 2. The van der Waals surface area contributed by atoms with Crippen LogP contribution in [0.3, 0.4) is 0 Å². The first-order valence-corrected chi connectivity index (χ1v) is 5.94. The summed E-state index contributed by atoms with van der Waals surface area (Å²) in [6.07, 6.45) is 0. The fourth-order valence-electron chi connectivity index (χ4n) is 1.50. The van der Waals surface area contributed by atoms with Gasteiger partial charge in [0.15, 0.2) is 11.6 Å². The van der Waals surface area contributed by atoms with E-state index in [9.17, 15) is 4.39 Å². The highest BCUT2D eigenvalue weighted by Gasteiger charge is 2.13. The Bertz CT molecular complexity index is 601. The number of amidine groups is 1. The zero-order valence-corrected chi connectivity index (χ0v) is 10.9. The summed E-state index contributed by atoms with van der Waals surface area (Å²) < 4.78 is 19.6. The van der Waals surface area contributed by atoms with Crippen molar-refractivity contribution in [2.24, 2.45) is 5.73 Å². The third-order valence-corrected chi connectivity index (χ3v) is 2.96. The molecule has 0 spiro atoms. The number of benzene rings is 2. The zero-order valence-electron chi connectivity index (χ0n) is 9.28. The minimum Gasteiger partial charge on any atom is -0.453 e. The predicted octanol–water partition coefficient (Wildman–Crippen LogP) is 3.66. The van der Waals surface area contributed by atoms with E-state index in [0.717, 1.165) is 0 Å². The molecule has 0 amide bonds. The smallest absolute Gasteiger partial charge is 0.165 e. The molecule has 2 rings (SSSR count). The highest BCUT2D eigenvalue weighted by Crippen LogP contribution is 2.31. The van der Waals surface area contributed by atoms with E-state index in [1.54, 1.807) is 30.3 Å². The molecule has 18 heavy (non-hydrogen) atoms. The Labute approximate surface area is 112 Å². The second-order valence-electron chi connectivity index (χ2n) is 3.56. The van der Waals surface area contributed by atoms with Crippen molar-refractivity contribution in [2.45, 2.75) is 0 Å². The maximum absolute atomic E-state index is 13.5. The first kappa shape index (κ1) is 12.6. The number of nitrogens with two attached hydrogens (primary N) is 1. The minimum absolute atomic E-state index is 0.0955. The van der Waals surface area contributed by atoms with E-state index in [1.165, 1.54) is 12.1 Å². The molecule has 5 heteroatoms. The van der Waals surface area contributed by atoms with Crippen LogP contribution in [-0.2, 0) is 0 Å². The Morgan fingerprint density at radius 1 is 1.11 bits per heavy atom. The van der Waals surface area contributed by atoms with Gasteiger partial charge in [0.05, 0.1) is 5.56 Å². The molecule has 0 aliphatic heterocycles. The van der Waals surface area contributed by atoms with Gasteiger partial charge in [0.25, 0.3) is 0 Å². The molecular weight excluding hydrogens is 299 g/mol. The van der Waals surface area contributed by atoms with Crippen molar-refractivity contribution in [1.82, 2.24) is 0 Å². The summed E-state index contributed by atoms with van der Waals surface area (Å²) in [6.45, 7) is 0. The lowest BCUT2D eigenvalue weighted by atomic mass is 10.2. The van der Waals surface area contributed by atoms with Crippen molar-refractivity contribution in [3.63, 3.8) is 0 Å². The van der Waals surface area contributed by atoms with E-state index in [-0.39, 0.29) is 11.6 Å². The molecule has 0 aliphatic carbocycles. The summed E-state index contributed by atoms with van der Waals surface area (Å²) in [5.41, 5.74) is 5.89. The van der Waals surface area contributed by atoms with Crippen LogP contribution in [0.15, 0.2) is 46.9 Å². The molecule has 2 aromatic rings. The van der Waals surface area contributed by atoms with E-state index >= 15 is 0 Å². The first-order valence-electron chi connectivity index (χ1n) is 5.15. The monoisotopic (exact) mass is 308 g/mol. The van der Waals surface area contributed by atoms with Gasteiger partial charge in [-0.3, -0.25) is 5.41 Å². The van der Waals surface area contributed by atoms with Gasteiger partial charge in [-0.1, -0.05) is 18.2 Å². The number of rotatable bonds is 3. The third kappa shape index (κ3) is 2.51. The second kappa shape index (κ2) is 5.18. The van der Waals surface area contributed by atoms with Gasteiger partial charge in [-0.15, -0.1) is 0 Å². The fourth-order valence-corrected chi connectivity index (χ4v) is 2.06. The van der Waals surface area contributed by atoms with Gasteiger partial charge in [0.2, 0.25) is 0 Å². The molecule has 0 radical (unpaired) electrons. The van der Waals surface area contributed by atoms with Crippen LogP contribution in [0.25, 0.3) is 0 Å². The van der Waals surface area contributed by atoms with E-state index in [1.807, 2.05) is 0 Å². The number of nitrogen functional groups attached to an aromatic ring is 1. The highest BCUT2D eigenvalue weighted by atomic mass is 79.9. The average Bonchev–Trinajstić information content (AvgIpc) is 2.31. The van der Waals surface area contributed by atoms with Crippen LogP contribution in [0, 0.1) is 11.2 Å². The van der Waals surface area contributed by atoms with E-state index < -0.39 is 5.82 Å². The summed E-state index contributed by atoms with van der Waals surface area (Å²) >= 11 is 3.29. The Kier molecular flexibility index (Phi) is 3.62. The Morgan fingerprint density at radius 2 is 1.78 bits per heavy atom. The number of para-hydroxylation sites is 1. The molecule has 0 saturated heterocycles. The molecule has 0 heterocycles. The molecule has 0 unspecified atom stereocenters. The maximum Gasteiger partial charge on any atom is 0.165 e. The predicted molar refractivity (Wildman–Crippen MR) is 71.6 cm³/mol. The van der Waals surface area contributed by atoms with Crippen LogP contribution in [0.4, 0.5) is 4.39 Å². The molecule has 0 aliphatic rings. The van der Waals surface area contributed by atoms with Gasteiger partial charge >= 0.3 is 0 Å². The molecule has 0 atom stereocenters. The van der Waals surface area contributed by atoms with Crippen molar-refractivity contribution < 1.29 is 9.13 Å². The molecule has 0 aromatic heterocycles. The van der Waals surface area contributed by atoms with Gasteiger partial charge in [0.1, 0.15) is 11.6 Å². The van der Waals surface area contributed by atoms with Crippen LogP contribution < -0.4 is 10.5 Å². The van der Waals surface area contributed by atoms with Gasteiger partial charge < -0.3 is 10.5 Å². The van der Waals surface area contributed by atoms with Crippen LogP contribution in [-0.4, -0.2) is 5.84 Å². The molecule has 92 valence electrons. The summed E-state index contributed by atoms with van der Waals surface area (Å²) in [5.74, 6) is -0.180. The van der Waals surface area contributed by atoms with Gasteiger partial charge in [0, 0.05) is 4.47 Å². The highest BCUT2D eigenvalue weighted by molar-refractivity contribution is 9.10. The molecule has 3 nitrogen and oxygen atoms in total. The standard InChI is InChI=1S/C13H10BrFN2O/c14-8-4-3-7-11(12(8)13(16)17)18-10-6-2-1-5-9(10)15/h1-7H,(H3,16,17). The zero-order chi connectivity index (χ0) is 13.1. The summed E-state index contributed by atoms with van der Waals surface area (Å²) in [6, 6.07) is 11.2. The number of ether oxygens (including phenoxy) is 1. The molecule has 0 bridgehead atoms. The quantitative estimate of drug-likeness (QED) is 0.671. The van der Waals surface area contributed by atoms with Crippen molar-refractivity contribution in [3.8, 4) is 11.5 Å². The lowest BCUT2D eigenvalue weighted by Crippen LogP contribution is -2.13. The first-order chi connectivity index (χ1) is 8.59. The van der Waals surface area contributed by atoms with E-state index in [0.29, 0.717) is 15.8 Å². The largest absolute Gasteiger partial charge is 0.453 e. The topological polar surface area (TPSA) is 59.1 Å². The minimum atomic E-state index is -0.466. The fraction of sp³-hybridized carbons (Fsp3) is 0. The Morgan fingerprint density at radius 3 is 2.44 bits per heavy atom. The molecule has 2 aromatic carbocycles. The van der Waals surface area contributed by atoms with Gasteiger partial charge in [-0.05, 0) is 40.2 Å². The second-order valence-corrected chi connectivity index (χ2v) is 4.41. The lowest BCUT2D eigenvalue weighted by Gasteiger charge is -2.12. The summed E-state index contributed by atoms with van der Waals surface area (Å²) in [4.78, 5) is 0. The van der Waals surface area contributed by atoms with E-state index in [2.05, 4.69) is 15.9 Å². The van der Waals surface area contributed by atoms with Gasteiger partial charge in [-0.25, -0.2) is 4.39 Å². The van der Waals surface area contributed by atoms with Crippen LogP contribution in [0.1, 0.15) is 5.56 Å². The lowest BCUT2D eigenvalue weighted by molar-refractivity contribution is 0.441. The number of nitrogens with one attached hydrogen (secondary N) is 1. The normalized spacial score (nSPS) is 10.1. The third-order valence-electron chi connectivity index (χ3n) is 2.30.